The molecule has 1 saturated carbocycles. The van der Waals surface area contributed by atoms with E-state index in [4.69, 9.17) is 0 Å². The van der Waals surface area contributed by atoms with Crippen LogP contribution in [0.5, 0.6) is 0 Å². The quantitative estimate of drug-likeness (QED) is 0.830. The van der Waals surface area contributed by atoms with Gasteiger partial charge in [0.2, 0.25) is 11.8 Å². The van der Waals surface area contributed by atoms with Crippen molar-refractivity contribution >= 4 is 17.5 Å². The van der Waals surface area contributed by atoms with Gasteiger partial charge in [-0.1, -0.05) is 42.5 Å². The fourth-order valence-corrected chi connectivity index (χ4v) is 2.76. The monoisotopic (exact) mass is 322 g/mol. The summed E-state index contributed by atoms with van der Waals surface area (Å²) >= 11 is 0. The highest BCUT2D eigenvalue weighted by molar-refractivity contribution is 6.13. The van der Waals surface area contributed by atoms with Gasteiger partial charge in [-0.15, -0.1) is 0 Å². The largest absolute Gasteiger partial charge is 0.351 e. The Bertz CT molecular complexity index is 764. The molecule has 0 unspecified atom stereocenters. The van der Waals surface area contributed by atoms with Gasteiger partial charge in [-0.05, 0) is 49.4 Å². The van der Waals surface area contributed by atoms with E-state index >= 15 is 0 Å². The van der Waals surface area contributed by atoms with E-state index in [-0.39, 0.29) is 11.8 Å². The molecule has 0 heterocycles. The molecule has 4 heteroatoms. The minimum atomic E-state index is -0.912. The van der Waals surface area contributed by atoms with E-state index in [0.29, 0.717) is 19.4 Å². The second kappa shape index (κ2) is 6.48. The number of carbonyl (C=O) groups excluding carboxylic acids is 2. The van der Waals surface area contributed by atoms with E-state index in [1.54, 1.807) is 0 Å². The Hall–Kier alpha value is -2.62. The average Bonchev–Trinajstić information content (AvgIpc) is 3.40. The van der Waals surface area contributed by atoms with E-state index in [2.05, 4.69) is 10.6 Å². The van der Waals surface area contributed by atoms with Crippen LogP contribution >= 0.6 is 0 Å². The van der Waals surface area contributed by atoms with Gasteiger partial charge in [0, 0.05) is 12.2 Å². The first kappa shape index (κ1) is 16.2. The zero-order valence-corrected chi connectivity index (χ0v) is 14.1. The maximum absolute atomic E-state index is 12.6. The van der Waals surface area contributed by atoms with Crippen molar-refractivity contribution in [1.29, 1.82) is 0 Å². The fourth-order valence-electron chi connectivity index (χ4n) is 2.76. The van der Waals surface area contributed by atoms with Crippen LogP contribution in [0.4, 0.5) is 5.69 Å². The predicted molar refractivity (Wildman–Crippen MR) is 94.5 cm³/mol. The molecule has 124 valence electrons. The first-order chi connectivity index (χ1) is 11.5. The van der Waals surface area contributed by atoms with E-state index in [9.17, 15) is 9.59 Å². The van der Waals surface area contributed by atoms with Gasteiger partial charge in [-0.25, -0.2) is 0 Å². The van der Waals surface area contributed by atoms with Crippen molar-refractivity contribution in [3.8, 4) is 0 Å². The van der Waals surface area contributed by atoms with Gasteiger partial charge in [-0.3, -0.25) is 9.59 Å². The number of benzene rings is 2. The Morgan fingerprint density at radius 3 is 2.33 bits per heavy atom. The molecule has 2 N–H and O–H groups in total. The van der Waals surface area contributed by atoms with Gasteiger partial charge >= 0.3 is 0 Å². The molecular weight excluding hydrogens is 300 g/mol. The van der Waals surface area contributed by atoms with E-state index in [1.807, 2.05) is 62.4 Å². The molecule has 0 aliphatic heterocycles. The van der Waals surface area contributed by atoms with Crippen LogP contribution in [0.15, 0.2) is 48.5 Å². The van der Waals surface area contributed by atoms with Crippen LogP contribution in [0.2, 0.25) is 0 Å². The third-order valence-corrected chi connectivity index (χ3v) is 4.77. The normalized spacial score (nSPS) is 14.8. The summed E-state index contributed by atoms with van der Waals surface area (Å²) in [5, 5.41) is 5.83. The lowest BCUT2D eigenvalue weighted by molar-refractivity contribution is -0.134. The topological polar surface area (TPSA) is 58.2 Å². The molecule has 2 aromatic rings. The summed E-state index contributed by atoms with van der Waals surface area (Å²) in [7, 11) is 0. The molecule has 4 nitrogen and oxygen atoms in total. The van der Waals surface area contributed by atoms with Crippen LogP contribution in [-0.2, 0) is 16.1 Å². The third kappa shape index (κ3) is 3.18. The SMILES string of the molecule is Cc1cccc(NC(=O)C2(C(=O)NCc3ccccc3)CC2)c1C. The van der Waals surface area contributed by atoms with E-state index < -0.39 is 5.41 Å². The molecule has 0 radical (unpaired) electrons. The molecule has 0 spiro atoms. The van der Waals surface area contributed by atoms with Crippen molar-refractivity contribution in [3.05, 3.63) is 65.2 Å². The van der Waals surface area contributed by atoms with Gasteiger partial charge in [0.05, 0.1) is 0 Å². The van der Waals surface area contributed by atoms with Crippen LogP contribution in [0, 0.1) is 19.3 Å². The highest BCUT2D eigenvalue weighted by Crippen LogP contribution is 2.47. The number of amides is 2. The molecule has 1 aliphatic rings. The standard InChI is InChI=1S/C20H22N2O2/c1-14-7-6-10-17(15(14)2)22-19(24)20(11-12-20)18(23)21-13-16-8-4-3-5-9-16/h3-10H,11-13H2,1-2H3,(H,21,23)(H,22,24). The van der Waals surface area contributed by atoms with Crippen LogP contribution in [-0.4, -0.2) is 11.8 Å². The summed E-state index contributed by atoms with van der Waals surface area (Å²) in [6.07, 6.45) is 1.20. The number of nitrogens with one attached hydrogen (secondary N) is 2. The second-order valence-corrected chi connectivity index (χ2v) is 6.45. The summed E-state index contributed by atoms with van der Waals surface area (Å²) < 4.78 is 0. The highest BCUT2D eigenvalue weighted by Gasteiger charge is 2.56. The Morgan fingerprint density at radius 1 is 0.958 bits per heavy atom. The summed E-state index contributed by atoms with van der Waals surface area (Å²) in [5.41, 5.74) is 3.04. The number of anilines is 1. The van der Waals surface area contributed by atoms with Crippen LogP contribution in [0.25, 0.3) is 0 Å². The van der Waals surface area contributed by atoms with Crippen LogP contribution < -0.4 is 10.6 Å². The first-order valence-corrected chi connectivity index (χ1v) is 8.23. The molecule has 0 atom stereocenters. The van der Waals surface area contributed by atoms with E-state index in [1.165, 1.54) is 0 Å². The van der Waals surface area contributed by atoms with Gasteiger partial charge < -0.3 is 10.6 Å². The van der Waals surface area contributed by atoms with Crippen molar-refractivity contribution in [2.45, 2.75) is 33.2 Å². The molecule has 0 bridgehead atoms. The van der Waals surface area contributed by atoms with Gasteiger partial charge in [0.15, 0.2) is 0 Å². The van der Waals surface area contributed by atoms with Crippen molar-refractivity contribution in [2.75, 3.05) is 5.32 Å². The molecule has 2 amide bonds. The van der Waals surface area contributed by atoms with Crippen molar-refractivity contribution in [3.63, 3.8) is 0 Å². The molecule has 0 aromatic heterocycles. The van der Waals surface area contributed by atoms with Crippen molar-refractivity contribution in [1.82, 2.24) is 5.32 Å². The first-order valence-electron chi connectivity index (χ1n) is 8.23. The summed E-state index contributed by atoms with van der Waals surface area (Å²) in [6, 6.07) is 15.5. The summed E-state index contributed by atoms with van der Waals surface area (Å²) in [5.74, 6) is -0.393. The molecule has 1 fully saturated rings. The number of hydrogen-bond donors (Lipinski definition) is 2. The van der Waals surface area contributed by atoms with Crippen LogP contribution in [0.1, 0.15) is 29.5 Å². The summed E-state index contributed by atoms with van der Waals surface area (Å²) in [4.78, 5) is 25.2. The maximum Gasteiger partial charge on any atom is 0.240 e. The molecule has 2 aromatic carbocycles. The minimum Gasteiger partial charge on any atom is -0.351 e. The zero-order valence-electron chi connectivity index (χ0n) is 14.1. The lowest BCUT2D eigenvalue weighted by Gasteiger charge is -2.17. The number of hydrogen-bond acceptors (Lipinski definition) is 2. The molecular formula is C20H22N2O2. The molecule has 1 aliphatic carbocycles. The Morgan fingerprint density at radius 2 is 1.67 bits per heavy atom. The fraction of sp³-hybridized carbons (Fsp3) is 0.300. The Kier molecular flexibility index (Phi) is 4.38. The number of carbonyl (C=O) groups is 2. The molecule has 0 saturated heterocycles. The van der Waals surface area contributed by atoms with Crippen molar-refractivity contribution in [2.24, 2.45) is 5.41 Å². The maximum atomic E-state index is 12.6. The van der Waals surface area contributed by atoms with Crippen LogP contribution in [0.3, 0.4) is 0 Å². The van der Waals surface area contributed by atoms with Gasteiger partial charge in [0.1, 0.15) is 5.41 Å². The number of aryl methyl sites for hydroxylation is 1. The lowest BCUT2D eigenvalue weighted by Crippen LogP contribution is -2.39. The Balaban J connectivity index is 1.65. The second-order valence-electron chi connectivity index (χ2n) is 6.45. The zero-order chi connectivity index (χ0) is 17.2. The highest BCUT2D eigenvalue weighted by atomic mass is 16.2. The predicted octanol–water partition coefficient (Wildman–Crippen LogP) is 3.34. The molecule has 3 rings (SSSR count). The van der Waals surface area contributed by atoms with Gasteiger partial charge in [-0.2, -0.15) is 0 Å². The smallest absolute Gasteiger partial charge is 0.240 e. The lowest BCUT2D eigenvalue weighted by atomic mass is 10.0. The van der Waals surface area contributed by atoms with Gasteiger partial charge in [0.25, 0.3) is 0 Å². The minimum absolute atomic E-state index is 0.186. The van der Waals surface area contributed by atoms with E-state index in [0.717, 1.165) is 22.4 Å². The number of rotatable bonds is 5. The Labute approximate surface area is 142 Å². The summed E-state index contributed by atoms with van der Waals surface area (Å²) in [6.45, 7) is 4.42. The average molecular weight is 322 g/mol. The molecule has 24 heavy (non-hydrogen) atoms. The van der Waals surface area contributed by atoms with Crippen molar-refractivity contribution < 1.29 is 9.59 Å². The third-order valence-electron chi connectivity index (χ3n) is 4.77.